The summed E-state index contributed by atoms with van der Waals surface area (Å²) in [5.41, 5.74) is 1.03. The van der Waals surface area contributed by atoms with Gasteiger partial charge in [-0.15, -0.1) is 0 Å². The molecule has 0 heterocycles. The topological polar surface area (TPSA) is 93.0 Å². The zero-order chi connectivity index (χ0) is 14.0. The average Bonchev–Trinajstić information content (AvgIpc) is 2.41. The van der Waals surface area contributed by atoms with Crippen LogP contribution < -0.4 is 5.32 Å². The Morgan fingerprint density at radius 1 is 1.00 bits per heavy atom. The smallest absolute Gasteiger partial charge is 0.110 e. The molecular formula is C13H18BrNO4. The molecule has 106 valence electrons. The lowest BCUT2D eigenvalue weighted by Crippen LogP contribution is -2.59. The molecule has 2 rings (SSSR count). The van der Waals surface area contributed by atoms with Crippen molar-refractivity contribution in [3.05, 3.63) is 34.3 Å². The van der Waals surface area contributed by atoms with Crippen LogP contribution in [0.3, 0.4) is 0 Å². The van der Waals surface area contributed by atoms with E-state index in [9.17, 15) is 20.4 Å². The highest BCUT2D eigenvalue weighted by atomic mass is 79.9. The number of benzene rings is 1. The maximum atomic E-state index is 9.86. The van der Waals surface area contributed by atoms with E-state index in [-0.39, 0.29) is 6.42 Å². The van der Waals surface area contributed by atoms with E-state index >= 15 is 0 Å². The first kappa shape index (κ1) is 14.9. The van der Waals surface area contributed by atoms with Crippen molar-refractivity contribution < 1.29 is 20.4 Å². The Balaban J connectivity index is 1.93. The van der Waals surface area contributed by atoms with Crippen molar-refractivity contribution >= 4 is 15.9 Å². The summed E-state index contributed by atoms with van der Waals surface area (Å²) in [6.07, 6.45) is -4.53. The maximum absolute atomic E-state index is 9.86. The molecule has 0 amide bonds. The van der Waals surface area contributed by atoms with Crippen LogP contribution in [-0.2, 0) is 6.54 Å². The molecule has 1 fully saturated rings. The van der Waals surface area contributed by atoms with Gasteiger partial charge in [0.05, 0.1) is 12.2 Å². The molecule has 19 heavy (non-hydrogen) atoms. The normalized spacial score (nSPS) is 35.3. The average molecular weight is 332 g/mol. The fourth-order valence-electron chi connectivity index (χ4n) is 2.26. The van der Waals surface area contributed by atoms with Crippen molar-refractivity contribution in [2.75, 3.05) is 0 Å². The van der Waals surface area contributed by atoms with Crippen LogP contribution in [0, 0.1) is 0 Å². The quantitative estimate of drug-likeness (QED) is 0.527. The van der Waals surface area contributed by atoms with Gasteiger partial charge < -0.3 is 25.7 Å². The van der Waals surface area contributed by atoms with E-state index in [4.69, 9.17) is 0 Å². The molecule has 5 atom stereocenters. The Morgan fingerprint density at radius 2 is 1.63 bits per heavy atom. The molecule has 1 aliphatic rings. The largest absolute Gasteiger partial charge is 0.390 e. The first-order valence-electron chi connectivity index (χ1n) is 6.19. The second-order valence-electron chi connectivity index (χ2n) is 4.89. The Labute approximate surface area is 120 Å². The van der Waals surface area contributed by atoms with E-state index in [2.05, 4.69) is 21.2 Å². The van der Waals surface area contributed by atoms with Crippen molar-refractivity contribution in [3.8, 4) is 0 Å². The number of hydrogen-bond acceptors (Lipinski definition) is 5. The van der Waals surface area contributed by atoms with Gasteiger partial charge in [-0.3, -0.25) is 0 Å². The Bertz CT molecular complexity index is 414. The van der Waals surface area contributed by atoms with Crippen LogP contribution in [-0.4, -0.2) is 50.9 Å². The molecule has 6 heteroatoms. The Kier molecular flexibility index (Phi) is 4.94. The van der Waals surface area contributed by atoms with Gasteiger partial charge in [-0.1, -0.05) is 28.1 Å². The molecule has 0 aromatic heterocycles. The monoisotopic (exact) mass is 331 g/mol. The van der Waals surface area contributed by atoms with Crippen molar-refractivity contribution in [1.29, 1.82) is 0 Å². The minimum Gasteiger partial charge on any atom is -0.390 e. The number of aliphatic hydroxyl groups excluding tert-OH is 4. The SMILES string of the molecule is O[C@@H]1[C@@H](O)[C@H](O)C[C@H](NCc2ccc(Br)cc2)[C@@H]1O. The lowest BCUT2D eigenvalue weighted by molar-refractivity contribution is -0.146. The summed E-state index contributed by atoms with van der Waals surface area (Å²) in [7, 11) is 0. The highest BCUT2D eigenvalue weighted by Gasteiger charge is 2.41. The second kappa shape index (κ2) is 6.30. The predicted molar refractivity (Wildman–Crippen MR) is 73.4 cm³/mol. The Morgan fingerprint density at radius 3 is 2.26 bits per heavy atom. The summed E-state index contributed by atoms with van der Waals surface area (Å²) < 4.78 is 0.989. The first-order chi connectivity index (χ1) is 8.99. The minimum atomic E-state index is -1.33. The second-order valence-corrected chi connectivity index (χ2v) is 5.80. The molecular weight excluding hydrogens is 314 g/mol. The number of rotatable bonds is 3. The molecule has 5 N–H and O–H groups in total. The third-order valence-corrected chi connectivity index (χ3v) is 4.01. The third-order valence-electron chi connectivity index (χ3n) is 3.48. The van der Waals surface area contributed by atoms with E-state index in [1.165, 1.54) is 0 Å². The van der Waals surface area contributed by atoms with Crippen LogP contribution in [0.1, 0.15) is 12.0 Å². The number of halogens is 1. The zero-order valence-corrected chi connectivity index (χ0v) is 11.9. The van der Waals surface area contributed by atoms with Crippen LogP contribution in [0.15, 0.2) is 28.7 Å². The highest BCUT2D eigenvalue weighted by Crippen LogP contribution is 2.21. The molecule has 1 aliphatic carbocycles. The minimum absolute atomic E-state index is 0.204. The summed E-state index contributed by atoms with van der Waals surface area (Å²) in [6, 6.07) is 7.27. The van der Waals surface area contributed by atoms with Gasteiger partial charge in [0.1, 0.15) is 12.2 Å². The Hall–Kier alpha value is -0.500. The van der Waals surface area contributed by atoms with Crippen molar-refractivity contribution in [2.45, 2.75) is 43.4 Å². The molecule has 5 nitrogen and oxygen atoms in total. The summed E-state index contributed by atoms with van der Waals surface area (Å²) in [5, 5.41) is 41.6. The third kappa shape index (κ3) is 3.53. The summed E-state index contributed by atoms with van der Waals surface area (Å²) in [6.45, 7) is 0.518. The van der Waals surface area contributed by atoms with Gasteiger partial charge in [0.25, 0.3) is 0 Å². The first-order valence-corrected chi connectivity index (χ1v) is 6.98. The number of aliphatic hydroxyl groups is 4. The highest BCUT2D eigenvalue weighted by molar-refractivity contribution is 9.10. The van der Waals surface area contributed by atoms with Crippen molar-refractivity contribution in [3.63, 3.8) is 0 Å². The van der Waals surface area contributed by atoms with Crippen molar-refractivity contribution in [2.24, 2.45) is 0 Å². The molecule has 0 bridgehead atoms. The van der Waals surface area contributed by atoms with Crippen LogP contribution >= 0.6 is 15.9 Å². The van der Waals surface area contributed by atoms with Gasteiger partial charge in [0.2, 0.25) is 0 Å². The van der Waals surface area contributed by atoms with Crippen LogP contribution in [0.2, 0.25) is 0 Å². The van der Waals surface area contributed by atoms with Gasteiger partial charge in [0, 0.05) is 17.1 Å². The number of hydrogen-bond donors (Lipinski definition) is 5. The lowest BCUT2D eigenvalue weighted by Gasteiger charge is -2.38. The van der Waals surface area contributed by atoms with Gasteiger partial charge in [-0.25, -0.2) is 0 Å². The molecule has 0 saturated heterocycles. The molecule has 0 spiro atoms. The van der Waals surface area contributed by atoms with Crippen molar-refractivity contribution in [1.82, 2.24) is 5.32 Å². The summed E-state index contributed by atoms with van der Waals surface area (Å²) in [4.78, 5) is 0. The zero-order valence-electron chi connectivity index (χ0n) is 10.3. The van der Waals surface area contributed by atoms with Gasteiger partial charge in [-0.2, -0.15) is 0 Å². The van der Waals surface area contributed by atoms with E-state index in [1.54, 1.807) is 0 Å². The lowest BCUT2D eigenvalue weighted by atomic mass is 9.85. The maximum Gasteiger partial charge on any atom is 0.110 e. The summed E-state index contributed by atoms with van der Waals surface area (Å²) in [5.74, 6) is 0. The molecule has 1 aromatic rings. The molecule has 0 radical (unpaired) electrons. The van der Waals surface area contributed by atoms with E-state index in [1.807, 2.05) is 24.3 Å². The molecule has 0 unspecified atom stereocenters. The van der Waals surface area contributed by atoms with Crippen LogP contribution in [0.25, 0.3) is 0 Å². The van der Waals surface area contributed by atoms with Crippen LogP contribution in [0.5, 0.6) is 0 Å². The van der Waals surface area contributed by atoms with Gasteiger partial charge in [-0.05, 0) is 24.1 Å². The van der Waals surface area contributed by atoms with E-state index in [0.717, 1.165) is 10.0 Å². The predicted octanol–water partition coefficient (Wildman–Crippen LogP) is -0.245. The summed E-state index contributed by atoms with van der Waals surface area (Å²) >= 11 is 3.35. The van der Waals surface area contributed by atoms with Gasteiger partial charge >= 0.3 is 0 Å². The van der Waals surface area contributed by atoms with E-state index in [0.29, 0.717) is 6.54 Å². The fraction of sp³-hybridized carbons (Fsp3) is 0.538. The molecule has 1 saturated carbocycles. The van der Waals surface area contributed by atoms with Gasteiger partial charge in [0.15, 0.2) is 0 Å². The molecule has 1 aromatic carbocycles. The van der Waals surface area contributed by atoms with E-state index < -0.39 is 30.5 Å². The molecule has 0 aliphatic heterocycles. The standard InChI is InChI=1S/C13H18BrNO4/c14-8-3-1-7(2-4-8)6-15-9-5-10(16)12(18)13(19)11(9)17/h1-4,9-13,15-19H,5-6H2/t9-,10+,11-,12-,13-/m0/s1. The van der Waals surface area contributed by atoms with Crippen LogP contribution in [0.4, 0.5) is 0 Å². The number of nitrogens with one attached hydrogen (secondary N) is 1. The fourth-order valence-corrected chi connectivity index (χ4v) is 2.53.